The maximum absolute atomic E-state index is 12.0. The molecule has 1 aliphatic rings. The van der Waals surface area contributed by atoms with Gasteiger partial charge < -0.3 is 9.47 Å². The molecule has 2 aromatic heterocycles. The zero-order valence-electron chi connectivity index (χ0n) is 20.6. The summed E-state index contributed by atoms with van der Waals surface area (Å²) >= 11 is 0. The number of aromatic nitrogens is 3. The second-order valence-electron chi connectivity index (χ2n) is 10.2. The molecule has 0 radical (unpaired) electrons. The number of pyridine rings is 1. The van der Waals surface area contributed by atoms with Crippen LogP contribution in [0.1, 0.15) is 70.5 Å². The molecule has 178 valence electrons. The average Bonchev–Trinajstić information content (AvgIpc) is 2.72. The van der Waals surface area contributed by atoms with E-state index in [1.807, 2.05) is 23.8 Å². The first kappa shape index (κ1) is 26.3. The summed E-state index contributed by atoms with van der Waals surface area (Å²) in [6.45, 7) is 18.9. The minimum absolute atomic E-state index is 0. The molecule has 7 heteroatoms. The smallest absolute Gasteiger partial charge is 0.250 e. The molecule has 0 N–H and O–H groups in total. The Morgan fingerprint density at radius 1 is 1.00 bits per heavy atom. The summed E-state index contributed by atoms with van der Waals surface area (Å²) in [5.74, 6) is 2.40. The Labute approximate surface area is 199 Å². The molecule has 6 nitrogen and oxygen atoms in total. The molecule has 3 heterocycles. The van der Waals surface area contributed by atoms with Gasteiger partial charge in [0.2, 0.25) is 0 Å². The maximum Gasteiger partial charge on any atom is 0.250 e. The Kier molecular flexibility index (Phi) is 9.28. The highest BCUT2D eigenvalue weighted by Crippen LogP contribution is 2.25. The van der Waals surface area contributed by atoms with E-state index >= 15 is 0 Å². The van der Waals surface area contributed by atoms with E-state index in [-0.39, 0.29) is 23.4 Å². The highest BCUT2D eigenvalue weighted by atomic mass is 35.5. The van der Waals surface area contributed by atoms with E-state index in [2.05, 4.69) is 50.5 Å². The summed E-state index contributed by atoms with van der Waals surface area (Å²) in [7, 11) is 0. The molecule has 0 amide bonds. The van der Waals surface area contributed by atoms with Crippen LogP contribution >= 0.6 is 12.4 Å². The van der Waals surface area contributed by atoms with E-state index in [9.17, 15) is 4.79 Å². The molecule has 3 rings (SSSR count). The van der Waals surface area contributed by atoms with E-state index in [1.165, 1.54) is 0 Å². The van der Waals surface area contributed by atoms with Crippen molar-refractivity contribution in [3.8, 4) is 0 Å². The van der Waals surface area contributed by atoms with Crippen LogP contribution in [0.5, 0.6) is 0 Å². The largest absolute Gasteiger partial charge is 0.354 e. The van der Waals surface area contributed by atoms with Gasteiger partial charge in [-0.25, -0.2) is 9.97 Å². The van der Waals surface area contributed by atoms with Crippen LogP contribution in [-0.2, 0) is 12.0 Å². The van der Waals surface area contributed by atoms with Crippen LogP contribution in [0.4, 0.5) is 5.82 Å². The van der Waals surface area contributed by atoms with E-state index < -0.39 is 0 Å². The molecule has 1 fully saturated rings. The minimum atomic E-state index is -0.0547. The number of hydrogen-bond acceptors (Lipinski definition) is 5. The topological polar surface area (TPSA) is 54.3 Å². The van der Waals surface area contributed by atoms with E-state index in [4.69, 9.17) is 9.97 Å². The lowest BCUT2D eigenvalue weighted by molar-refractivity contribution is 0.250. The van der Waals surface area contributed by atoms with Crippen molar-refractivity contribution in [1.29, 1.82) is 0 Å². The van der Waals surface area contributed by atoms with Crippen molar-refractivity contribution in [2.75, 3.05) is 37.6 Å². The van der Waals surface area contributed by atoms with Crippen LogP contribution in [-0.4, -0.2) is 52.2 Å². The third-order valence-electron chi connectivity index (χ3n) is 5.97. The second-order valence-corrected chi connectivity index (χ2v) is 10.2. The Morgan fingerprint density at radius 2 is 1.66 bits per heavy atom. The Balaban J connectivity index is 0.00000363. The summed E-state index contributed by atoms with van der Waals surface area (Å²) in [5.41, 5.74) is 2.21. The highest BCUT2D eigenvalue weighted by Gasteiger charge is 2.23. The van der Waals surface area contributed by atoms with Crippen molar-refractivity contribution < 1.29 is 0 Å². The van der Waals surface area contributed by atoms with Gasteiger partial charge in [-0.15, -0.1) is 12.4 Å². The number of unbranched alkanes of at least 4 members (excludes halogenated alkanes) is 1. The van der Waals surface area contributed by atoms with E-state index in [0.29, 0.717) is 5.92 Å². The van der Waals surface area contributed by atoms with Gasteiger partial charge in [0.05, 0.1) is 0 Å². The van der Waals surface area contributed by atoms with Crippen molar-refractivity contribution in [1.82, 2.24) is 19.4 Å². The summed E-state index contributed by atoms with van der Waals surface area (Å²) in [4.78, 5) is 26.7. The number of halogens is 1. The SMILES string of the molecule is Cc1ccn(CCCCN2CCN(c3cc(C(C)C)nc(C(C)(C)C)n3)CC2)c(=O)c1.Cl. The van der Waals surface area contributed by atoms with Gasteiger partial charge in [0, 0.05) is 62.2 Å². The predicted octanol–water partition coefficient (Wildman–Crippen LogP) is 4.39. The molecule has 2 aromatic rings. The summed E-state index contributed by atoms with van der Waals surface area (Å²) < 4.78 is 1.82. The van der Waals surface area contributed by atoms with Gasteiger partial charge in [-0.05, 0) is 43.9 Å². The standard InChI is InChI=1S/C25H39N5O.ClH/c1-19(2)21-18-22(27-24(26-21)25(4,5)6)29-15-13-28(14-16-29)10-7-8-11-30-12-9-20(3)17-23(30)31;/h9,12,17-19H,7-8,10-11,13-16H2,1-6H3;1H. The lowest BCUT2D eigenvalue weighted by Crippen LogP contribution is -2.47. The molecule has 32 heavy (non-hydrogen) atoms. The van der Waals surface area contributed by atoms with E-state index in [0.717, 1.165) is 75.0 Å². The fourth-order valence-corrected chi connectivity index (χ4v) is 3.86. The van der Waals surface area contributed by atoms with Gasteiger partial charge in [-0.1, -0.05) is 34.6 Å². The first-order valence-electron chi connectivity index (χ1n) is 11.7. The molecule has 0 atom stereocenters. The summed E-state index contributed by atoms with van der Waals surface area (Å²) in [5, 5.41) is 0. The van der Waals surface area contributed by atoms with Crippen LogP contribution in [0.3, 0.4) is 0 Å². The molecule has 1 aliphatic heterocycles. The van der Waals surface area contributed by atoms with Gasteiger partial charge in [-0.2, -0.15) is 0 Å². The Hall–Kier alpha value is -1.92. The molecular weight excluding hydrogens is 422 g/mol. The first-order valence-corrected chi connectivity index (χ1v) is 11.7. The fourth-order valence-electron chi connectivity index (χ4n) is 3.86. The van der Waals surface area contributed by atoms with E-state index in [1.54, 1.807) is 6.07 Å². The molecule has 0 aromatic carbocycles. The van der Waals surface area contributed by atoms with Crippen LogP contribution in [0, 0.1) is 6.92 Å². The third-order valence-corrected chi connectivity index (χ3v) is 5.97. The lowest BCUT2D eigenvalue weighted by Gasteiger charge is -2.36. The van der Waals surface area contributed by atoms with Gasteiger partial charge in [0.15, 0.2) is 0 Å². The Bertz CT molecular complexity index is 927. The molecule has 1 saturated heterocycles. The quantitative estimate of drug-likeness (QED) is 0.572. The van der Waals surface area contributed by atoms with Crippen LogP contribution < -0.4 is 10.5 Å². The number of aryl methyl sites for hydroxylation is 2. The summed E-state index contributed by atoms with van der Waals surface area (Å²) in [6, 6.07) is 5.89. The number of anilines is 1. The summed E-state index contributed by atoms with van der Waals surface area (Å²) in [6.07, 6.45) is 4.05. The number of hydrogen-bond donors (Lipinski definition) is 0. The van der Waals surface area contributed by atoms with Crippen LogP contribution in [0.25, 0.3) is 0 Å². The van der Waals surface area contributed by atoms with Crippen molar-refractivity contribution in [3.63, 3.8) is 0 Å². The number of nitrogens with zero attached hydrogens (tertiary/aromatic N) is 5. The number of rotatable bonds is 7. The van der Waals surface area contributed by atoms with Gasteiger partial charge in [0.1, 0.15) is 11.6 Å². The zero-order valence-corrected chi connectivity index (χ0v) is 21.4. The van der Waals surface area contributed by atoms with Gasteiger partial charge >= 0.3 is 0 Å². The second kappa shape index (κ2) is 11.3. The molecule has 0 saturated carbocycles. The third kappa shape index (κ3) is 7.04. The molecular formula is C25H40ClN5O. The lowest BCUT2D eigenvalue weighted by atomic mass is 9.95. The molecule has 0 bridgehead atoms. The van der Waals surface area contributed by atoms with Crippen LogP contribution in [0.15, 0.2) is 29.2 Å². The molecule has 0 unspecified atom stereocenters. The van der Waals surface area contributed by atoms with Crippen molar-refractivity contribution >= 4 is 18.2 Å². The monoisotopic (exact) mass is 461 g/mol. The van der Waals surface area contributed by atoms with Gasteiger partial charge in [0.25, 0.3) is 5.56 Å². The molecule has 0 aliphatic carbocycles. The molecule has 0 spiro atoms. The van der Waals surface area contributed by atoms with Crippen molar-refractivity contribution in [2.24, 2.45) is 0 Å². The minimum Gasteiger partial charge on any atom is -0.354 e. The number of piperazine rings is 1. The average molecular weight is 462 g/mol. The maximum atomic E-state index is 12.0. The van der Waals surface area contributed by atoms with Crippen LogP contribution in [0.2, 0.25) is 0 Å². The highest BCUT2D eigenvalue weighted by molar-refractivity contribution is 5.85. The predicted molar refractivity (Wildman–Crippen MR) is 135 cm³/mol. The van der Waals surface area contributed by atoms with Crippen molar-refractivity contribution in [3.05, 3.63) is 51.8 Å². The first-order chi connectivity index (χ1) is 14.6. The Morgan fingerprint density at radius 3 is 2.25 bits per heavy atom. The van der Waals surface area contributed by atoms with Crippen molar-refractivity contribution in [2.45, 2.75) is 72.3 Å². The fraction of sp³-hybridized carbons (Fsp3) is 0.640. The van der Waals surface area contributed by atoms with Gasteiger partial charge in [-0.3, -0.25) is 9.69 Å². The zero-order chi connectivity index (χ0) is 22.6. The normalized spacial score (nSPS) is 15.2.